The molecule has 3 aromatic heterocycles. The van der Waals surface area contributed by atoms with E-state index in [0.29, 0.717) is 70.8 Å². The van der Waals surface area contributed by atoms with E-state index in [9.17, 15) is 29.1 Å². The number of fused-ring (bicyclic) bond motifs is 3. The molecule has 0 radical (unpaired) electrons. The zero-order valence-corrected chi connectivity index (χ0v) is 41.0. The number of amides is 4. The number of anilines is 3. The quantitative estimate of drug-likeness (QED) is 0.0758. The summed E-state index contributed by atoms with van der Waals surface area (Å²) in [5.41, 5.74) is 5.96. The number of carboxylic acid groups (broad SMARTS) is 1. The molecule has 2 saturated heterocycles. The highest BCUT2D eigenvalue weighted by molar-refractivity contribution is 7.22. The van der Waals surface area contributed by atoms with E-state index in [0.717, 1.165) is 71.2 Å². The number of thiazole rings is 1. The van der Waals surface area contributed by atoms with E-state index in [2.05, 4.69) is 35.9 Å². The lowest BCUT2D eigenvalue weighted by Gasteiger charge is -2.32. The second-order valence-electron chi connectivity index (χ2n) is 19.0. The van der Waals surface area contributed by atoms with Crippen LogP contribution in [0, 0.1) is 18.7 Å². The average Bonchev–Trinajstić information content (AvgIpc) is 3.94. The van der Waals surface area contributed by atoms with Crippen LogP contribution in [0.15, 0.2) is 84.9 Å². The summed E-state index contributed by atoms with van der Waals surface area (Å²) in [5, 5.41) is 23.9. The van der Waals surface area contributed by atoms with Crippen LogP contribution in [-0.4, -0.2) is 91.6 Å². The number of aromatic carboxylic acids is 1. The van der Waals surface area contributed by atoms with Crippen molar-refractivity contribution in [2.75, 3.05) is 41.7 Å². The van der Waals surface area contributed by atoms with Crippen LogP contribution in [0.2, 0.25) is 0 Å². The Morgan fingerprint density at radius 2 is 1.74 bits per heavy atom. The van der Waals surface area contributed by atoms with Crippen LogP contribution in [0.3, 0.4) is 0 Å². The number of pyridine rings is 1. The number of aryl methyl sites for hydroxylation is 2. The fraction of sp³-hybridized carbons (Fsp3) is 0.333. The first-order chi connectivity index (χ1) is 34.8. The summed E-state index contributed by atoms with van der Waals surface area (Å²) >= 11 is 1.42. The predicted molar refractivity (Wildman–Crippen MR) is 273 cm³/mol. The molecular formula is C54H54FN9O7S. The van der Waals surface area contributed by atoms with Gasteiger partial charge in [-0.3, -0.25) is 39.4 Å². The second kappa shape index (κ2) is 20.3. The van der Waals surface area contributed by atoms with Gasteiger partial charge in [0.1, 0.15) is 17.1 Å². The highest BCUT2D eigenvalue weighted by Gasteiger charge is 2.33. The largest absolute Gasteiger partial charge is 0.491 e. The Labute approximate surface area is 418 Å². The molecule has 72 heavy (non-hydrogen) atoms. The SMILES string of the molecule is Cc1cc(OC(C)CCC2CCN(CC(=O)Nc3ccc4c(C5CCC(=O)NC5=O)nn(C)c4c3F)CC2)ccc1-c1ccc(N2CCc3cccc(C(=O)Nc4nc5ccccc5s4)c3C2)nc1C(=O)O. The molecule has 0 saturated carbocycles. The number of imide groups is 1. The molecule has 0 aliphatic carbocycles. The Hall–Kier alpha value is -7.57. The Balaban J connectivity index is 0.708. The van der Waals surface area contributed by atoms with E-state index in [1.807, 2.05) is 91.5 Å². The van der Waals surface area contributed by atoms with E-state index in [4.69, 9.17) is 4.74 Å². The van der Waals surface area contributed by atoms with Gasteiger partial charge in [-0.15, -0.1) is 0 Å². The van der Waals surface area contributed by atoms with Crippen molar-refractivity contribution in [1.82, 2.24) is 30.0 Å². The summed E-state index contributed by atoms with van der Waals surface area (Å²) in [6.45, 7) is 6.57. The van der Waals surface area contributed by atoms with Gasteiger partial charge in [-0.25, -0.2) is 19.2 Å². The first-order valence-electron chi connectivity index (χ1n) is 24.3. The molecule has 0 spiro atoms. The van der Waals surface area contributed by atoms with E-state index in [1.165, 1.54) is 22.1 Å². The van der Waals surface area contributed by atoms with Crippen molar-refractivity contribution >= 4 is 78.7 Å². The number of nitrogens with one attached hydrogen (secondary N) is 3. The Kier molecular flexibility index (Phi) is 13.5. The lowest BCUT2D eigenvalue weighted by atomic mass is 9.91. The van der Waals surface area contributed by atoms with E-state index < -0.39 is 23.6 Å². The molecule has 2 atom stereocenters. The molecule has 0 bridgehead atoms. The average molecular weight is 992 g/mol. The smallest absolute Gasteiger partial charge is 0.355 e. The first kappa shape index (κ1) is 48.1. The molecule has 7 aromatic rings. The zero-order valence-electron chi connectivity index (χ0n) is 40.2. The number of aromatic nitrogens is 4. The number of ether oxygens (including phenoxy) is 1. The molecule has 3 aliphatic heterocycles. The Morgan fingerprint density at radius 3 is 2.51 bits per heavy atom. The van der Waals surface area contributed by atoms with Crippen molar-refractivity contribution in [2.45, 2.75) is 77.4 Å². The van der Waals surface area contributed by atoms with Crippen LogP contribution < -0.4 is 25.6 Å². The van der Waals surface area contributed by atoms with E-state index in [-0.39, 0.29) is 53.7 Å². The summed E-state index contributed by atoms with van der Waals surface area (Å²) in [6.07, 6.45) is 4.69. The summed E-state index contributed by atoms with van der Waals surface area (Å²) in [4.78, 5) is 77.1. The van der Waals surface area contributed by atoms with Gasteiger partial charge in [0, 0.05) is 43.1 Å². The molecule has 4 aromatic carbocycles. The number of piperidine rings is 2. The van der Waals surface area contributed by atoms with Gasteiger partial charge in [0.2, 0.25) is 17.7 Å². The molecular weight excluding hydrogens is 938 g/mol. The van der Waals surface area contributed by atoms with E-state index >= 15 is 4.39 Å². The van der Waals surface area contributed by atoms with Crippen molar-refractivity contribution in [2.24, 2.45) is 13.0 Å². The Morgan fingerprint density at radius 1 is 0.931 bits per heavy atom. The van der Waals surface area contributed by atoms with Crippen LogP contribution in [0.25, 0.3) is 32.2 Å². The predicted octanol–water partition coefficient (Wildman–Crippen LogP) is 8.62. The van der Waals surface area contributed by atoms with Gasteiger partial charge in [0.15, 0.2) is 16.6 Å². The number of rotatable bonds is 14. The zero-order chi connectivity index (χ0) is 50.2. The van der Waals surface area contributed by atoms with Gasteiger partial charge < -0.3 is 20.1 Å². The van der Waals surface area contributed by atoms with Crippen molar-refractivity contribution in [3.8, 4) is 16.9 Å². The van der Waals surface area contributed by atoms with Gasteiger partial charge in [0.05, 0.1) is 40.2 Å². The van der Waals surface area contributed by atoms with Gasteiger partial charge in [-0.1, -0.05) is 41.7 Å². The fourth-order valence-corrected chi connectivity index (χ4v) is 11.2. The number of carboxylic acids is 1. The van der Waals surface area contributed by atoms with Crippen molar-refractivity contribution < 1.29 is 38.2 Å². The highest BCUT2D eigenvalue weighted by atomic mass is 32.1. The molecule has 370 valence electrons. The molecule has 10 rings (SSSR count). The first-order valence-corrected chi connectivity index (χ1v) is 25.1. The number of carbonyl (C=O) groups excluding carboxylic acids is 4. The van der Waals surface area contributed by atoms with Crippen LogP contribution >= 0.6 is 11.3 Å². The summed E-state index contributed by atoms with van der Waals surface area (Å²) in [5.74, 6) is -2.12. The molecule has 3 aliphatic rings. The maximum atomic E-state index is 15.8. The standard InChI is InChI=1S/C54H54FN9O7S/c1-30-27-34(71-31(2)11-12-32-21-24-63(25-22-32)29-46(66)56-42-18-15-38-48(61-62(3)50(38)47(42)55)39-17-20-45(65)59-52(39)68)13-14-35(30)36-16-19-44(58-49(36)53(69)70)64-26-23-33-7-6-8-37(40(33)28-64)51(67)60-54-57-41-9-4-5-10-43(41)72-54/h4-10,13-16,18-19,27,31-32,39H,11-12,17,20-26,28-29H2,1-3H3,(H,56,66)(H,69,70)(H,57,60,67)(H,59,65,68). The third-order valence-electron chi connectivity index (χ3n) is 14.1. The molecule has 4 N–H and O–H groups in total. The number of likely N-dealkylation sites (tertiary alicyclic amines) is 1. The topological polar surface area (TPSA) is 201 Å². The number of carbonyl (C=O) groups is 5. The number of para-hydroxylation sites is 1. The maximum Gasteiger partial charge on any atom is 0.355 e. The van der Waals surface area contributed by atoms with Crippen molar-refractivity contribution in [1.29, 1.82) is 0 Å². The lowest BCUT2D eigenvalue weighted by Crippen LogP contribution is -2.39. The number of hydrogen-bond donors (Lipinski definition) is 4. The van der Waals surface area contributed by atoms with Gasteiger partial charge >= 0.3 is 5.97 Å². The molecule has 2 fully saturated rings. The third-order valence-corrected chi connectivity index (χ3v) is 15.1. The maximum absolute atomic E-state index is 15.8. The van der Waals surface area contributed by atoms with Crippen molar-refractivity contribution in [3.63, 3.8) is 0 Å². The normalized spacial score (nSPS) is 16.9. The van der Waals surface area contributed by atoms with Crippen LogP contribution in [0.1, 0.15) is 94.6 Å². The van der Waals surface area contributed by atoms with Crippen LogP contribution in [0.4, 0.5) is 21.0 Å². The minimum absolute atomic E-state index is 0.0390. The summed E-state index contributed by atoms with van der Waals surface area (Å²) in [7, 11) is 1.59. The molecule has 4 amide bonds. The van der Waals surface area contributed by atoms with Gasteiger partial charge in [-0.2, -0.15) is 5.10 Å². The van der Waals surface area contributed by atoms with E-state index in [1.54, 1.807) is 13.1 Å². The monoisotopic (exact) mass is 991 g/mol. The minimum atomic E-state index is -1.14. The minimum Gasteiger partial charge on any atom is -0.491 e. The number of nitrogens with zero attached hydrogens (tertiary/aromatic N) is 6. The van der Waals surface area contributed by atoms with Gasteiger partial charge in [0.25, 0.3) is 5.91 Å². The van der Waals surface area contributed by atoms with Crippen molar-refractivity contribution in [3.05, 3.63) is 124 Å². The number of hydrogen-bond acceptors (Lipinski definition) is 12. The second-order valence-corrected chi connectivity index (χ2v) is 20.0. The number of halogens is 1. The van der Waals surface area contributed by atoms with Gasteiger partial charge in [-0.05, 0) is 148 Å². The molecule has 6 heterocycles. The summed E-state index contributed by atoms with van der Waals surface area (Å²) < 4.78 is 24.5. The summed E-state index contributed by atoms with van der Waals surface area (Å²) in [6, 6.07) is 25.9. The fourth-order valence-electron chi connectivity index (χ4n) is 10.3. The van der Waals surface area contributed by atoms with Crippen LogP contribution in [0.5, 0.6) is 5.75 Å². The molecule has 18 heteroatoms. The molecule has 2 unspecified atom stereocenters. The third kappa shape index (κ3) is 10.0. The van der Waals surface area contributed by atoms with Crippen LogP contribution in [-0.2, 0) is 34.4 Å². The highest BCUT2D eigenvalue weighted by Crippen LogP contribution is 2.36. The number of benzene rings is 4. The Bertz CT molecular complexity index is 3260. The lowest BCUT2D eigenvalue weighted by molar-refractivity contribution is -0.134. The molecule has 16 nitrogen and oxygen atoms in total.